The smallest absolute Gasteiger partial charge is 0.402 e. The van der Waals surface area contributed by atoms with Gasteiger partial charge in [0.2, 0.25) is 12.0 Å². The Kier molecular flexibility index (Phi) is 7.03. The molecule has 1 fully saturated rings. The summed E-state index contributed by atoms with van der Waals surface area (Å²) in [5, 5.41) is 79.2. The molecule has 2 aromatic carbocycles. The molecular weight excluding hydrogens is 464 g/mol. The zero-order valence-electron chi connectivity index (χ0n) is 16.7. The van der Waals surface area contributed by atoms with Crippen molar-refractivity contribution in [2.45, 2.75) is 30.7 Å². The predicted octanol–water partition coefficient (Wildman–Crippen LogP) is -2.61. The van der Waals surface area contributed by atoms with Gasteiger partial charge in [-0.25, -0.2) is 4.42 Å². The number of benzene rings is 2. The monoisotopic (exact) mass is 484 g/mol. The van der Waals surface area contributed by atoms with Crippen LogP contribution in [-0.2, 0) is 4.74 Å². The first-order valence-corrected chi connectivity index (χ1v) is 9.52. The van der Waals surface area contributed by atoms with Crippen molar-refractivity contribution in [3.63, 3.8) is 0 Å². The van der Waals surface area contributed by atoms with Gasteiger partial charge in [-0.15, -0.1) is 0 Å². The Morgan fingerprint density at radius 1 is 0.818 bits per heavy atom. The summed E-state index contributed by atoms with van der Waals surface area (Å²) < 4.78 is 16.5. The third-order valence-electron chi connectivity index (χ3n) is 5.16. The van der Waals surface area contributed by atoms with Gasteiger partial charge < -0.3 is 62.7 Å². The van der Waals surface area contributed by atoms with Gasteiger partial charge in [-0.1, -0.05) is 0 Å². The summed E-state index contributed by atoms with van der Waals surface area (Å²) in [6.07, 6.45) is -7.51. The van der Waals surface area contributed by atoms with Crippen LogP contribution in [-0.4, -0.2) is 78.2 Å². The van der Waals surface area contributed by atoms with E-state index in [0.717, 1.165) is 6.07 Å². The van der Waals surface area contributed by atoms with E-state index in [0.29, 0.717) is 0 Å². The molecule has 33 heavy (non-hydrogen) atoms. The summed E-state index contributed by atoms with van der Waals surface area (Å²) >= 11 is 0. The molecule has 8 N–H and O–H groups in total. The first kappa shape index (κ1) is 24.6. The Balaban J connectivity index is 0.00000306. The van der Waals surface area contributed by atoms with Crippen LogP contribution < -0.4 is 17.1 Å². The van der Waals surface area contributed by atoms with E-state index in [4.69, 9.17) is 13.9 Å². The van der Waals surface area contributed by atoms with E-state index in [1.54, 1.807) is 0 Å². The summed E-state index contributed by atoms with van der Waals surface area (Å²) in [5.74, 6) is -1.60. The number of hydrogen-bond acceptors (Lipinski definition) is 10. The van der Waals surface area contributed by atoms with Crippen LogP contribution in [0.4, 0.5) is 0 Å². The maximum Gasteiger partial charge on any atom is 0.402 e. The lowest BCUT2D eigenvalue weighted by Gasteiger charge is -2.39. The summed E-state index contributed by atoms with van der Waals surface area (Å²) in [7, 11) is 0. The highest BCUT2D eigenvalue weighted by atomic mass is 35.5. The topological polar surface area (TPSA) is 192 Å². The Labute approximate surface area is 192 Å². The van der Waals surface area contributed by atoms with Crippen molar-refractivity contribution in [1.82, 2.24) is 0 Å². The van der Waals surface area contributed by atoms with Crippen molar-refractivity contribution < 1.29 is 67.2 Å². The fraction of sp³-hybridized carbons (Fsp3) is 0.286. The Hall–Kier alpha value is -3.06. The fourth-order valence-corrected chi connectivity index (χ4v) is 3.42. The molecule has 5 atom stereocenters. The van der Waals surface area contributed by atoms with Crippen molar-refractivity contribution in [1.29, 1.82) is 0 Å². The zero-order chi connectivity index (χ0) is 23.2. The van der Waals surface area contributed by atoms with Crippen molar-refractivity contribution >= 4 is 11.0 Å². The molecule has 0 amide bonds. The molecule has 2 heterocycles. The van der Waals surface area contributed by atoms with Gasteiger partial charge >= 0.3 is 11.3 Å². The Morgan fingerprint density at radius 2 is 1.55 bits per heavy atom. The minimum absolute atomic E-state index is 0. The average molecular weight is 485 g/mol. The Bertz CT molecular complexity index is 1150. The predicted molar refractivity (Wildman–Crippen MR) is 107 cm³/mol. The van der Waals surface area contributed by atoms with E-state index in [1.165, 1.54) is 30.3 Å². The van der Waals surface area contributed by atoms with Gasteiger partial charge in [-0.05, 0) is 12.1 Å². The number of rotatable bonds is 4. The number of ether oxygens (including phenoxy) is 2. The molecule has 11 nitrogen and oxygen atoms in total. The average Bonchev–Trinajstić information content (AvgIpc) is 2.76. The molecular formula is C21H21ClO11. The normalized spacial score (nSPS) is 24.9. The number of phenols is 3. The minimum atomic E-state index is -1.65. The third kappa shape index (κ3) is 4.55. The van der Waals surface area contributed by atoms with Gasteiger partial charge in [0.25, 0.3) is 0 Å². The van der Waals surface area contributed by atoms with Gasteiger partial charge in [-0.2, -0.15) is 0 Å². The molecule has 1 saturated heterocycles. The molecule has 3 aromatic rings. The second kappa shape index (κ2) is 9.43. The summed E-state index contributed by atoms with van der Waals surface area (Å²) in [5.41, 5.74) is 0.282. The van der Waals surface area contributed by atoms with Crippen LogP contribution >= 0.6 is 0 Å². The maximum atomic E-state index is 10.3. The zero-order valence-corrected chi connectivity index (χ0v) is 17.5. The molecule has 178 valence electrons. The largest absolute Gasteiger partial charge is 1.00 e. The van der Waals surface area contributed by atoms with Gasteiger partial charge in [0.15, 0.2) is 11.5 Å². The minimum Gasteiger partial charge on any atom is -1.00 e. The van der Waals surface area contributed by atoms with Gasteiger partial charge in [0, 0.05) is 18.2 Å². The Morgan fingerprint density at radius 3 is 2.21 bits per heavy atom. The third-order valence-corrected chi connectivity index (χ3v) is 5.16. The highest BCUT2D eigenvalue weighted by Gasteiger charge is 2.44. The lowest BCUT2D eigenvalue weighted by molar-refractivity contribution is -0.277. The number of aliphatic hydroxyl groups is 4. The molecule has 1 aromatic heterocycles. The maximum absolute atomic E-state index is 10.3. The summed E-state index contributed by atoms with van der Waals surface area (Å²) in [6, 6.07) is 7.48. The number of aliphatic hydroxyl groups excluding tert-OH is 4. The van der Waals surface area contributed by atoms with E-state index in [9.17, 15) is 40.9 Å². The molecule has 0 aliphatic carbocycles. The standard InChI is InChI=1S/C21H20O11.ClH/c22-7-16-17(27)18(28)19(29)21(32-16)30-9-4-12(24)10-6-14(26)20(31-15(10)5-9)8-1-2-11(23)13(25)3-8;/h1-6,16-19,21-22,27-29H,7H2,(H3-,23,24,25,26);1H/t16-,17-,18+,19-,21-;/m1./s1. The molecule has 0 bridgehead atoms. The highest BCUT2D eigenvalue weighted by Crippen LogP contribution is 2.41. The van der Waals surface area contributed by atoms with E-state index in [1.807, 2.05) is 0 Å². The molecule has 12 heteroatoms. The first-order valence-electron chi connectivity index (χ1n) is 9.52. The van der Waals surface area contributed by atoms with Gasteiger partial charge in [0.1, 0.15) is 41.3 Å². The molecule has 0 radical (unpaired) electrons. The highest BCUT2D eigenvalue weighted by molar-refractivity contribution is 5.88. The summed E-state index contributed by atoms with van der Waals surface area (Å²) in [6.45, 7) is -0.634. The number of aromatic hydroxyl groups is 4. The molecule has 0 unspecified atom stereocenters. The fourth-order valence-electron chi connectivity index (χ4n) is 3.42. The quantitative estimate of drug-likeness (QED) is 0.143. The van der Waals surface area contributed by atoms with Gasteiger partial charge in [-0.3, -0.25) is 0 Å². The van der Waals surface area contributed by atoms with E-state index < -0.39 is 43.1 Å². The van der Waals surface area contributed by atoms with Crippen LogP contribution in [0.5, 0.6) is 28.7 Å². The molecule has 4 rings (SSSR count). The molecule has 1 aliphatic heterocycles. The van der Waals surface area contributed by atoms with Crippen LogP contribution in [0.3, 0.4) is 0 Å². The van der Waals surface area contributed by atoms with Crippen LogP contribution in [0.1, 0.15) is 0 Å². The van der Waals surface area contributed by atoms with Crippen LogP contribution in [0.15, 0.2) is 40.8 Å². The first-order chi connectivity index (χ1) is 15.2. The molecule has 1 aliphatic rings. The van der Waals surface area contributed by atoms with Crippen molar-refractivity contribution in [3.05, 3.63) is 36.4 Å². The lowest BCUT2D eigenvalue weighted by atomic mass is 9.99. The van der Waals surface area contributed by atoms with E-state index >= 15 is 0 Å². The molecule has 0 spiro atoms. The second-order valence-corrected chi connectivity index (χ2v) is 7.33. The van der Waals surface area contributed by atoms with Crippen molar-refractivity contribution in [2.24, 2.45) is 0 Å². The van der Waals surface area contributed by atoms with Crippen LogP contribution in [0, 0.1) is 0 Å². The number of phenolic OH excluding ortho intramolecular Hbond substituents is 3. The van der Waals surface area contributed by atoms with Crippen molar-refractivity contribution in [2.75, 3.05) is 6.61 Å². The SMILES string of the molecule is OC[C@H]1O[C@@H](Oc2cc(O)c3cc(O)c(-c4ccc(O)c(O)c4)[o+]c3c2)[C@H](O)[C@@H](O)[C@@H]1O.[Cl-]. The number of hydrogen-bond donors (Lipinski definition) is 8. The van der Waals surface area contributed by atoms with Gasteiger partial charge in [0.05, 0.1) is 18.2 Å². The van der Waals surface area contributed by atoms with Crippen LogP contribution in [0.25, 0.3) is 22.3 Å². The molecule has 0 saturated carbocycles. The summed E-state index contributed by atoms with van der Waals surface area (Å²) in [4.78, 5) is 0. The number of fused-ring (bicyclic) bond motifs is 1. The van der Waals surface area contributed by atoms with E-state index in [-0.39, 0.29) is 57.7 Å². The second-order valence-electron chi connectivity index (χ2n) is 7.33. The lowest BCUT2D eigenvalue weighted by Crippen LogP contribution is -3.00. The van der Waals surface area contributed by atoms with Crippen LogP contribution in [0.2, 0.25) is 0 Å². The number of halogens is 1. The van der Waals surface area contributed by atoms with E-state index in [2.05, 4.69) is 0 Å². The van der Waals surface area contributed by atoms with Crippen molar-refractivity contribution in [3.8, 4) is 40.1 Å².